The third-order valence-electron chi connectivity index (χ3n) is 3.47. The molecule has 0 aromatic rings. The van der Waals surface area contributed by atoms with Gasteiger partial charge >= 0.3 is 0 Å². The van der Waals surface area contributed by atoms with Gasteiger partial charge in [-0.2, -0.15) is 0 Å². The zero-order valence-electron chi connectivity index (χ0n) is 13.1. The van der Waals surface area contributed by atoms with E-state index in [1.807, 2.05) is 13.1 Å². The van der Waals surface area contributed by atoms with Gasteiger partial charge in [-0.1, -0.05) is 19.5 Å². The summed E-state index contributed by atoms with van der Waals surface area (Å²) in [6, 6.07) is 2.25. The first-order valence-corrected chi connectivity index (χ1v) is 15.9. The minimum atomic E-state index is -1.88. The monoisotopic (exact) mass is 292 g/mol. The van der Waals surface area contributed by atoms with Crippen molar-refractivity contribution >= 4 is 25.4 Å². The average Bonchev–Trinajstić information content (AvgIpc) is 2.10. The van der Waals surface area contributed by atoms with E-state index in [-0.39, 0.29) is 5.22 Å². The van der Waals surface area contributed by atoms with Crippen molar-refractivity contribution in [3.63, 3.8) is 0 Å². The van der Waals surface area contributed by atoms with Gasteiger partial charge in [0.05, 0.1) is 8.80 Å². The second-order valence-corrected chi connectivity index (χ2v) is 19.3. The smallest absolute Gasteiger partial charge is 0.184 e. The van der Waals surface area contributed by atoms with Crippen LogP contribution in [0.3, 0.4) is 0 Å². The summed E-state index contributed by atoms with van der Waals surface area (Å²) in [6.45, 7) is 17.8. The Kier molecular flexibility index (Phi) is 6.35. The lowest BCUT2D eigenvalue weighted by atomic mass is 10.3. The molecule has 1 N–H and O–H groups in total. The standard InChI is InChI=1S/C12H32O2Si3/c1-9-12(2,14-16(4,5)6)15(3)10-11-17(7,8)13/h13,15H,9-11H2,1-8H3. The lowest BCUT2D eigenvalue weighted by Gasteiger charge is -2.40. The molecule has 2 atom stereocenters. The highest BCUT2D eigenvalue weighted by Gasteiger charge is 2.36. The van der Waals surface area contributed by atoms with Crippen molar-refractivity contribution in [2.24, 2.45) is 0 Å². The molecule has 0 radical (unpaired) electrons. The molecule has 0 bridgehead atoms. The van der Waals surface area contributed by atoms with Crippen LogP contribution in [0, 0.1) is 0 Å². The summed E-state index contributed by atoms with van der Waals surface area (Å²) in [7, 11) is -4.29. The maximum absolute atomic E-state index is 9.97. The second-order valence-electron chi connectivity index (χ2n) is 7.13. The molecule has 0 aliphatic carbocycles. The first-order chi connectivity index (χ1) is 7.40. The third kappa shape index (κ3) is 7.56. The Morgan fingerprint density at radius 3 is 1.94 bits per heavy atom. The molecule has 0 aliphatic rings. The summed E-state index contributed by atoms with van der Waals surface area (Å²) in [5, 5.41) is 0.115. The van der Waals surface area contributed by atoms with E-state index in [2.05, 4.69) is 40.0 Å². The fourth-order valence-corrected chi connectivity index (χ4v) is 11.4. The number of rotatable bonds is 7. The Hall–Kier alpha value is 0.571. The Bertz CT molecular complexity index is 233. The van der Waals surface area contributed by atoms with Gasteiger partial charge in [0.2, 0.25) is 0 Å². The summed E-state index contributed by atoms with van der Waals surface area (Å²) in [4.78, 5) is 9.97. The van der Waals surface area contributed by atoms with E-state index in [0.717, 1.165) is 12.5 Å². The molecule has 0 fully saturated rings. The first-order valence-electron chi connectivity index (χ1n) is 6.82. The van der Waals surface area contributed by atoms with E-state index < -0.39 is 25.4 Å². The fraction of sp³-hybridized carbons (Fsp3) is 1.00. The van der Waals surface area contributed by atoms with Crippen LogP contribution < -0.4 is 0 Å². The molecule has 0 rings (SSSR count). The average molecular weight is 293 g/mol. The summed E-state index contributed by atoms with van der Waals surface area (Å²) in [5.74, 6) is 0. The topological polar surface area (TPSA) is 29.5 Å². The van der Waals surface area contributed by atoms with Gasteiger partial charge in [-0.3, -0.25) is 0 Å². The molecular weight excluding hydrogens is 260 g/mol. The normalized spacial score (nSPS) is 18.9. The molecule has 2 unspecified atom stereocenters. The molecular formula is C12H32O2Si3. The molecule has 0 spiro atoms. The molecule has 17 heavy (non-hydrogen) atoms. The zero-order chi connectivity index (χ0) is 13.9. The first kappa shape index (κ1) is 17.6. The Morgan fingerprint density at radius 2 is 1.65 bits per heavy atom. The number of hydrogen-bond acceptors (Lipinski definition) is 2. The van der Waals surface area contributed by atoms with Crippen molar-refractivity contribution in [2.45, 2.75) is 76.9 Å². The highest BCUT2D eigenvalue weighted by atomic mass is 28.4. The SMILES string of the molecule is CCC(C)(O[Si](C)(C)C)[SiH](C)CC[Si](C)(C)O. The van der Waals surface area contributed by atoms with E-state index in [9.17, 15) is 4.80 Å². The molecule has 0 saturated heterocycles. The maximum atomic E-state index is 9.97. The zero-order valence-corrected chi connectivity index (χ0v) is 16.2. The Balaban J connectivity index is 4.53. The Labute approximate surface area is 112 Å². The van der Waals surface area contributed by atoms with E-state index in [1.165, 1.54) is 6.04 Å². The van der Waals surface area contributed by atoms with Crippen LogP contribution in [0.5, 0.6) is 0 Å². The molecule has 104 valence electrons. The molecule has 2 nitrogen and oxygen atoms in total. The third-order valence-corrected chi connectivity index (χ3v) is 10.6. The van der Waals surface area contributed by atoms with Crippen molar-refractivity contribution in [3.8, 4) is 0 Å². The molecule has 0 saturated carbocycles. The summed E-state index contributed by atoms with van der Waals surface area (Å²) in [5.41, 5.74) is 0. The van der Waals surface area contributed by atoms with Crippen molar-refractivity contribution in [3.05, 3.63) is 0 Å². The number of hydrogen-bond donors (Lipinski definition) is 1. The van der Waals surface area contributed by atoms with Crippen molar-refractivity contribution < 1.29 is 9.22 Å². The highest BCUT2D eigenvalue weighted by Crippen LogP contribution is 2.28. The minimum absolute atomic E-state index is 0.115. The minimum Gasteiger partial charge on any atom is -0.432 e. The van der Waals surface area contributed by atoms with Crippen LogP contribution in [0.25, 0.3) is 0 Å². The van der Waals surface area contributed by atoms with Crippen LogP contribution in [-0.2, 0) is 4.43 Å². The van der Waals surface area contributed by atoms with E-state index in [0.29, 0.717) is 0 Å². The van der Waals surface area contributed by atoms with Crippen LogP contribution in [0.1, 0.15) is 20.3 Å². The van der Waals surface area contributed by atoms with Gasteiger partial charge in [0.1, 0.15) is 0 Å². The predicted molar refractivity (Wildman–Crippen MR) is 85.5 cm³/mol. The largest absolute Gasteiger partial charge is 0.432 e. The second kappa shape index (κ2) is 6.14. The van der Waals surface area contributed by atoms with Crippen molar-refractivity contribution in [1.82, 2.24) is 0 Å². The molecule has 0 aromatic carbocycles. The Morgan fingerprint density at radius 1 is 1.18 bits per heavy atom. The van der Waals surface area contributed by atoms with Gasteiger partial charge in [-0.15, -0.1) is 0 Å². The lowest BCUT2D eigenvalue weighted by molar-refractivity contribution is 0.155. The van der Waals surface area contributed by atoms with Crippen LogP contribution in [-0.4, -0.2) is 35.5 Å². The van der Waals surface area contributed by atoms with Gasteiger partial charge in [0.15, 0.2) is 16.6 Å². The summed E-state index contributed by atoms with van der Waals surface area (Å²) >= 11 is 0. The summed E-state index contributed by atoms with van der Waals surface area (Å²) in [6.07, 6.45) is 1.11. The van der Waals surface area contributed by atoms with Crippen LogP contribution in [0.2, 0.25) is 51.4 Å². The molecule has 0 heterocycles. The summed E-state index contributed by atoms with van der Waals surface area (Å²) < 4.78 is 6.44. The predicted octanol–water partition coefficient (Wildman–Crippen LogP) is 3.60. The van der Waals surface area contributed by atoms with Crippen LogP contribution in [0.15, 0.2) is 0 Å². The van der Waals surface area contributed by atoms with E-state index in [4.69, 9.17) is 4.43 Å². The fourth-order valence-electron chi connectivity index (χ4n) is 2.10. The van der Waals surface area contributed by atoms with Crippen LogP contribution in [0.4, 0.5) is 0 Å². The molecule has 0 amide bonds. The van der Waals surface area contributed by atoms with Crippen molar-refractivity contribution in [2.75, 3.05) is 0 Å². The van der Waals surface area contributed by atoms with Gasteiger partial charge in [0.25, 0.3) is 0 Å². The van der Waals surface area contributed by atoms with Gasteiger partial charge in [-0.05, 0) is 52.1 Å². The van der Waals surface area contributed by atoms with Crippen molar-refractivity contribution in [1.29, 1.82) is 0 Å². The van der Waals surface area contributed by atoms with Gasteiger partial charge in [-0.25, -0.2) is 0 Å². The molecule has 0 aromatic heterocycles. The van der Waals surface area contributed by atoms with Gasteiger partial charge < -0.3 is 9.22 Å². The highest BCUT2D eigenvalue weighted by molar-refractivity contribution is 6.73. The quantitative estimate of drug-likeness (QED) is 0.727. The maximum Gasteiger partial charge on any atom is 0.184 e. The molecule has 5 heteroatoms. The van der Waals surface area contributed by atoms with Crippen LogP contribution >= 0.6 is 0 Å². The lowest BCUT2D eigenvalue weighted by Crippen LogP contribution is -2.50. The van der Waals surface area contributed by atoms with E-state index in [1.54, 1.807) is 0 Å². The van der Waals surface area contributed by atoms with E-state index >= 15 is 0 Å². The molecule has 0 aliphatic heterocycles. The van der Waals surface area contributed by atoms with Gasteiger partial charge in [0, 0.05) is 5.22 Å².